The van der Waals surface area contributed by atoms with E-state index >= 15 is 0 Å². The molecule has 0 saturated carbocycles. The summed E-state index contributed by atoms with van der Waals surface area (Å²) in [6, 6.07) is 3.06. The minimum Gasteiger partial charge on any atom is -0.411 e. The third-order valence-corrected chi connectivity index (χ3v) is 5.09. The molecule has 1 aliphatic rings. The fourth-order valence-corrected chi connectivity index (χ4v) is 3.48. The van der Waals surface area contributed by atoms with Crippen LogP contribution in [0.2, 0.25) is 15.2 Å². The average molecular weight is 396 g/mol. The Morgan fingerprint density at radius 1 is 1.17 bits per heavy atom. The smallest absolute Gasteiger partial charge is 0.164 e. The van der Waals surface area contributed by atoms with Crippen molar-refractivity contribution >= 4 is 51.9 Å². The molecule has 130 valence electrons. The molecule has 0 bridgehead atoms. The third-order valence-electron chi connectivity index (χ3n) is 3.98. The van der Waals surface area contributed by atoms with Crippen molar-refractivity contribution in [2.75, 3.05) is 6.61 Å². The van der Waals surface area contributed by atoms with Crippen LogP contribution >= 0.6 is 34.8 Å². The normalized spacial score (nSPS) is 27.6. The van der Waals surface area contributed by atoms with Crippen molar-refractivity contribution in [3.8, 4) is 0 Å². The van der Waals surface area contributed by atoms with Crippen molar-refractivity contribution < 1.29 is 25.3 Å². The van der Waals surface area contributed by atoms with Gasteiger partial charge in [0.05, 0.1) is 28.4 Å². The summed E-state index contributed by atoms with van der Waals surface area (Å²) < 4.78 is 6.92. The highest BCUT2D eigenvalue weighted by molar-refractivity contribution is 6.43. The van der Waals surface area contributed by atoms with Gasteiger partial charge in [0, 0.05) is 10.9 Å². The Hall–Kier alpha value is -1.06. The number of hydrogen-bond acceptors (Lipinski definition) is 6. The number of fused-ring (bicyclic) bond motifs is 1. The highest BCUT2D eigenvalue weighted by atomic mass is 35.5. The minimum atomic E-state index is -1.33. The first-order valence-electron chi connectivity index (χ1n) is 6.89. The van der Waals surface area contributed by atoms with Crippen LogP contribution in [0.15, 0.2) is 17.3 Å². The molecule has 24 heavy (non-hydrogen) atoms. The zero-order valence-corrected chi connectivity index (χ0v) is 14.2. The number of oxime groups is 1. The maximum atomic E-state index is 10.3. The van der Waals surface area contributed by atoms with E-state index in [0.29, 0.717) is 16.5 Å². The van der Waals surface area contributed by atoms with Crippen LogP contribution in [0.4, 0.5) is 0 Å². The van der Waals surface area contributed by atoms with Gasteiger partial charge in [-0.2, -0.15) is 0 Å². The second-order valence-corrected chi connectivity index (χ2v) is 6.50. The maximum absolute atomic E-state index is 10.3. The Morgan fingerprint density at radius 3 is 2.42 bits per heavy atom. The zero-order valence-electron chi connectivity index (χ0n) is 12.0. The summed E-state index contributed by atoms with van der Waals surface area (Å²) in [5, 5.41) is 42.4. The van der Waals surface area contributed by atoms with E-state index in [1.165, 1.54) is 10.6 Å². The van der Waals surface area contributed by atoms with Gasteiger partial charge in [0.1, 0.15) is 23.5 Å². The molecule has 1 saturated heterocycles. The molecule has 1 fully saturated rings. The average Bonchev–Trinajstić information content (AvgIpc) is 2.97. The summed E-state index contributed by atoms with van der Waals surface area (Å²) in [4.78, 5) is 0. The third kappa shape index (κ3) is 2.66. The SMILES string of the molecule is OC[C@H]1OC(n2c(Cl)c(/C=N/O)c3cc(Cl)c(Cl)cc32)[C@H](O)[C@@H]1O. The van der Waals surface area contributed by atoms with Gasteiger partial charge in [-0.3, -0.25) is 0 Å². The van der Waals surface area contributed by atoms with Gasteiger partial charge in [0.15, 0.2) is 6.23 Å². The number of benzene rings is 1. The first-order valence-corrected chi connectivity index (χ1v) is 8.02. The molecule has 0 aliphatic carbocycles. The van der Waals surface area contributed by atoms with E-state index in [4.69, 9.17) is 44.7 Å². The molecule has 0 spiro atoms. The van der Waals surface area contributed by atoms with Gasteiger partial charge in [-0.25, -0.2) is 0 Å². The lowest BCUT2D eigenvalue weighted by Gasteiger charge is -2.19. The van der Waals surface area contributed by atoms with Crippen LogP contribution < -0.4 is 0 Å². The van der Waals surface area contributed by atoms with Gasteiger partial charge in [-0.1, -0.05) is 40.0 Å². The van der Waals surface area contributed by atoms with Crippen molar-refractivity contribution in [3.63, 3.8) is 0 Å². The van der Waals surface area contributed by atoms with Crippen LogP contribution in [0.5, 0.6) is 0 Å². The number of hydrogen-bond donors (Lipinski definition) is 4. The van der Waals surface area contributed by atoms with E-state index < -0.39 is 31.1 Å². The highest BCUT2D eigenvalue weighted by Gasteiger charge is 2.44. The molecular weight excluding hydrogens is 383 g/mol. The summed E-state index contributed by atoms with van der Waals surface area (Å²) in [5.74, 6) is 0. The number of ether oxygens (including phenoxy) is 1. The van der Waals surface area contributed by atoms with Gasteiger partial charge >= 0.3 is 0 Å². The molecule has 4 atom stereocenters. The first kappa shape index (κ1) is 17.8. The molecule has 10 heteroatoms. The Labute approximate surface area is 151 Å². The maximum Gasteiger partial charge on any atom is 0.164 e. The summed E-state index contributed by atoms with van der Waals surface area (Å²) in [7, 11) is 0. The van der Waals surface area contributed by atoms with Crippen molar-refractivity contribution in [2.24, 2.45) is 5.16 Å². The van der Waals surface area contributed by atoms with Gasteiger partial charge in [-0.15, -0.1) is 0 Å². The highest BCUT2D eigenvalue weighted by Crippen LogP contribution is 2.40. The van der Waals surface area contributed by atoms with Gasteiger partial charge in [0.25, 0.3) is 0 Å². The van der Waals surface area contributed by atoms with Crippen LogP contribution in [0, 0.1) is 0 Å². The quantitative estimate of drug-likeness (QED) is 0.361. The lowest BCUT2D eigenvalue weighted by molar-refractivity contribution is -0.0505. The molecular formula is C14H13Cl3N2O5. The molecule has 2 aromatic rings. The van der Waals surface area contributed by atoms with E-state index in [2.05, 4.69) is 5.16 Å². The number of aromatic nitrogens is 1. The number of rotatable bonds is 3. The molecule has 0 radical (unpaired) electrons. The fraction of sp³-hybridized carbons (Fsp3) is 0.357. The topological polar surface area (TPSA) is 107 Å². The Kier molecular flexibility index (Phi) is 4.94. The standard InChI is InChI=1S/C14H13Cl3N2O5/c15-7-1-5-6(3-18-23)13(17)19(9(5)2-8(7)16)14-12(22)11(21)10(4-20)24-14/h1-3,10-12,14,20-23H,4H2/b18-3+/t10-,11-,12-,14?/m1/s1. The Balaban J connectivity index is 2.25. The number of halogens is 3. The summed E-state index contributed by atoms with van der Waals surface area (Å²) >= 11 is 18.5. The van der Waals surface area contributed by atoms with Crippen LogP contribution in [0.25, 0.3) is 10.9 Å². The molecule has 0 amide bonds. The molecule has 2 heterocycles. The van der Waals surface area contributed by atoms with Crippen molar-refractivity contribution in [3.05, 3.63) is 32.9 Å². The molecule has 1 unspecified atom stereocenters. The monoisotopic (exact) mass is 394 g/mol. The Morgan fingerprint density at radius 2 is 1.83 bits per heavy atom. The van der Waals surface area contributed by atoms with Crippen molar-refractivity contribution in [1.29, 1.82) is 0 Å². The summed E-state index contributed by atoms with van der Waals surface area (Å²) in [6.45, 7) is -0.469. The molecule has 1 aromatic carbocycles. The molecule has 4 N–H and O–H groups in total. The number of aliphatic hydroxyl groups excluding tert-OH is 3. The van der Waals surface area contributed by atoms with Crippen LogP contribution in [-0.4, -0.2) is 56.2 Å². The van der Waals surface area contributed by atoms with Crippen LogP contribution in [-0.2, 0) is 4.74 Å². The zero-order chi connectivity index (χ0) is 17.6. The lowest BCUT2D eigenvalue weighted by Crippen LogP contribution is -2.33. The van der Waals surface area contributed by atoms with Crippen LogP contribution in [0.1, 0.15) is 11.8 Å². The largest absolute Gasteiger partial charge is 0.411 e. The van der Waals surface area contributed by atoms with Crippen molar-refractivity contribution in [2.45, 2.75) is 24.5 Å². The summed E-state index contributed by atoms with van der Waals surface area (Å²) in [5.41, 5.74) is 0.796. The second-order valence-electron chi connectivity index (χ2n) is 5.33. The predicted octanol–water partition coefficient (Wildman–Crippen LogP) is 2.02. The van der Waals surface area contributed by atoms with Crippen LogP contribution in [0.3, 0.4) is 0 Å². The van der Waals surface area contributed by atoms with Gasteiger partial charge < -0.3 is 29.8 Å². The van der Waals surface area contributed by atoms with E-state index in [0.717, 1.165) is 6.21 Å². The van der Waals surface area contributed by atoms with E-state index in [1.807, 2.05) is 0 Å². The molecule has 1 aliphatic heterocycles. The molecule has 3 rings (SSSR count). The lowest BCUT2D eigenvalue weighted by atomic mass is 10.1. The fourth-order valence-electron chi connectivity index (χ4n) is 2.82. The van der Waals surface area contributed by atoms with Gasteiger partial charge in [0.2, 0.25) is 0 Å². The summed E-state index contributed by atoms with van der Waals surface area (Å²) in [6.07, 6.45) is -3.52. The number of nitrogens with zero attached hydrogens (tertiary/aromatic N) is 2. The van der Waals surface area contributed by atoms with E-state index in [1.54, 1.807) is 6.07 Å². The number of aliphatic hydroxyl groups is 3. The first-order chi connectivity index (χ1) is 11.4. The predicted molar refractivity (Wildman–Crippen MR) is 89.4 cm³/mol. The molecule has 7 nitrogen and oxygen atoms in total. The van der Waals surface area contributed by atoms with Crippen molar-refractivity contribution in [1.82, 2.24) is 4.57 Å². The van der Waals surface area contributed by atoms with E-state index in [9.17, 15) is 15.3 Å². The second kappa shape index (κ2) is 6.68. The Bertz CT molecular complexity index is 810. The van der Waals surface area contributed by atoms with E-state index in [-0.39, 0.29) is 15.2 Å². The molecule has 1 aromatic heterocycles. The van der Waals surface area contributed by atoms with Gasteiger partial charge in [-0.05, 0) is 12.1 Å². The minimum absolute atomic E-state index is 0.0935.